The topological polar surface area (TPSA) is 84.5 Å². The van der Waals surface area contributed by atoms with E-state index in [-0.39, 0.29) is 11.7 Å². The van der Waals surface area contributed by atoms with E-state index in [1.54, 1.807) is 59.7 Å². The van der Waals surface area contributed by atoms with Gasteiger partial charge in [0.2, 0.25) is 5.91 Å². The number of hydrogen-bond donors (Lipinski definition) is 2. The molecule has 1 rings (SSSR count). The molecule has 0 bridgehead atoms. The maximum atomic E-state index is 12.9. The largest absolute Gasteiger partial charge is 0.444 e. The molecule has 24 heavy (non-hydrogen) atoms. The first-order valence-electron chi connectivity index (χ1n) is 7.76. The molecule has 132 valence electrons. The van der Waals surface area contributed by atoms with Crippen LogP contribution in [0.4, 0.5) is 10.5 Å². The van der Waals surface area contributed by atoms with Gasteiger partial charge in [0.25, 0.3) is 0 Å². The normalized spacial score (nSPS) is 11.6. The number of alkyl carbamates (subject to hydrolysis) is 1. The number of para-hydroxylation sites is 1. The van der Waals surface area contributed by atoms with Crippen LogP contribution in [0.3, 0.4) is 0 Å². The Hall–Kier alpha value is -2.37. The third-order valence-corrected chi connectivity index (χ3v) is 3.20. The zero-order chi connectivity index (χ0) is 18.7. The van der Waals surface area contributed by atoms with E-state index in [0.717, 1.165) is 5.56 Å². The quantitative estimate of drug-likeness (QED) is 0.826. The standard InChI is InChI=1S/C18H26N2O4/c1-11-9-8-10-13(14(11)19-12(2)21)15(22)18(6,7)20-16(23)24-17(3,4)5/h8-10H,1-7H3,(H,19,21)(H,20,23). The van der Waals surface area contributed by atoms with E-state index in [2.05, 4.69) is 10.6 Å². The van der Waals surface area contributed by atoms with Crippen LogP contribution in [-0.4, -0.2) is 28.9 Å². The Morgan fingerprint density at radius 1 is 1.04 bits per heavy atom. The van der Waals surface area contributed by atoms with Crippen molar-refractivity contribution >= 4 is 23.5 Å². The molecule has 1 aromatic carbocycles. The summed E-state index contributed by atoms with van der Waals surface area (Å²) in [7, 11) is 0. The SMILES string of the molecule is CC(=O)Nc1c(C)cccc1C(=O)C(C)(C)NC(=O)OC(C)(C)C. The summed E-state index contributed by atoms with van der Waals surface area (Å²) in [6.45, 7) is 11.6. The molecule has 0 radical (unpaired) electrons. The number of rotatable bonds is 4. The predicted octanol–water partition coefficient (Wildman–Crippen LogP) is 3.44. The van der Waals surface area contributed by atoms with Crippen LogP contribution in [0.5, 0.6) is 0 Å². The molecule has 0 atom stereocenters. The molecule has 2 N–H and O–H groups in total. The molecule has 2 amide bonds. The Kier molecular flexibility index (Phi) is 5.76. The van der Waals surface area contributed by atoms with E-state index in [0.29, 0.717) is 11.3 Å². The molecule has 0 aliphatic carbocycles. The van der Waals surface area contributed by atoms with Gasteiger partial charge in [-0.3, -0.25) is 9.59 Å². The number of carbonyl (C=O) groups excluding carboxylic acids is 3. The average molecular weight is 334 g/mol. The van der Waals surface area contributed by atoms with Crippen LogP contribution in [0.2, 0.25) is 0 Å². The van der Waals surface area contributed by atoms with Crippen molar-refractivity contribution in [2.75, 3.05) is 5.32 Å². The van der Waals surface area contributed by atoms with Gasteiger partial charge in [0.05, 0.1) is 5.69 Å². The summed E-state index contributed by atoms with van der Waals surface area (Å²) < 4.78 is 5.21. The highest BCUT2D eigenvalue weighted by Gasteiger charge is 2.34. The van der Waals surface area contributed by atoms with E-state index < -0.39 is 17.2 Å². The molecule has 0 saturated heterocycles. The summed E-state index contributed by atoms with van der Waals surface area (Å²) in [5, 5.41) is 5.27. The number of nitrogens with one attached hydrogen (secondary N) is 2. The van der Waals surface area contributed by atoms with Crippen LogP contribution in [0.1, 0.15) is 57.5 Å². The molecular formula is C18H26N2O4. The smallest absolute Gasteiger partial charge is 0.408 e. The van der Waals surface area contributed by atoms with Gasteiger partial charge in [-0.15, -0.1) is 0 Å². The van der Waals surface area contributed by atoms with Crippen molar-refractivity contribution < 1.29 is 19.1 Å². The highest BCUT2D eigenvalue weighted by Crippen LogP contribution is 2.25. The lowest BCUT2D eigenvalue weighted by Crippen LogP contribution is -2.51. The van der Waals surface area contributed by atoms with E-state index >= 15 is 0 Å². The van der Waals surface area contributed by atoms with E-state index in [1.807, 2.05) is 0 Å². The fraction of sp³-hybridized carbons (Fsp3) is 0.500. The first-order chi connectivity index (χ1) is 10.8. The Balaban J connectivity index is 3.10. The van der Waals surface area contributed by atoms with E-state index in [1.165, 1.54) is 6.92 Å². The minimum Gasteiger partial charge on any atom is -0.444 e. The van der Waals surface area contributed by atoms with Crippen molar-refractivity contribution in [3.8, 4) is 0 Å². The Morgan fingerprint density at radius 2 is 1.62 bits per heavy atom. The maximum absolute atomic E-state index is 12.9. The third-order valence-electron chi connectivity index (χ3n) is 3.20. The third kappa shape index (κ3) is 5.37. The van der Waals surface area contributed by atoms with Gasteiger partial charge in [0.15, 0.2) is 5.78 Å². The van der Waals surface area contributed by atoms with Crippen LogP contribution >= 0.6 is 0 Å². The van der Waals surface area contributed by atoms with Gasteiger partial charge < -0.3 is 15.4 Å². The van der Waals surface area contributed by atoms with Gasteiger partial charge in [-0.1, -0.05) is 12.1 Å². The van der Waals surface area contributed by atoms with Crippen molar-refractivity contribution in [3.63, 3.8) is 0 Å². The van der Waals surface area contributed by atoms with Crippen molar-refractivity contribution in [2.45, 2.75) is 59.6 Å². The Labute approximate surface area is 143 Å². The zero-order valence-electron chi connectivity index (χ0n) is 15.4. The number of ether oxygens (including phenoxy) is 1. The molecule has 1 aromatic rings. The number of Topliss-reactive ketones (excluding diaryl/α,β-unsaturated/α-hetero) is 1. The number of hydrogen-bond acceptors (Lipinski definition) is 4. The van der Waals surface area contributed by atoms with Crippen LogP contribution in [0.15, 0.2) is 18.2 Å². The monoisotopic (exact) mass is 334 g/mol. The van der Waals surface area contributed by atoms with Gasteiger partial charge in [0.1, 0.15) is 11.1 Å². The highest BCUT2D eigenvalue weighted by molar-refractivity contribution is 6.10. The number of benzene rings is 1. The van der Waals surface area contributed by atoms with Gasteiger partial charge in [-0.2, -0.15) is 0 Å². The Morgan fingerprint density at radius 3 is 2.12 bits per heavy atom. The van der Waals surface area contributed by atoms with Gasteiger partial charge in [0, 0.05) is 12.5 Å². The molecular weight excluding hydrogens is 308 g/mol. The molecule has 6 heteroatoms. The van der Waals surface area contributed by atoms with Crippen LogP contribution in [0, 0.1) is 6.92 Å². The Bertz CT molecular complexity index is 657. The van der Waals surface area contributed by atoms with Crippen molar-refractivity contribution in [1.82, 2.24) is 5.32 Å². The second-order valence-electron chi connectivity index (χ2n) is 7.26. The van der Waals surface area contributed by atoms with Crippen LogP contribution < -0.4 is 10.6 Å². The van der Waals surface area contributed by atoms with Crippen LogP contribution in [-0.2, 0) is 9.53 Å². The van der Waals surface area contributed by atoms with Gasteiger partial charge in [-0.05, 0) is 53.2 Å². The van der Waals surface area contributed by atoms with E-state index in [9.17, 15) is 14.4 Å². The number of amides is 2. The number of anilines is 1. The highest BCUT2D eigenvalue weighted by atomic mass is 16.6. The summed E-state index contributed by atoms with van der Waals surface area (Å²) in [5.41, 5.74) is -0.290. The summed E-state index contributed by atoms with van der Waals surface area (Å²) in [6, 6.07) is 5.16. The zero-order valence-corrected chi connectivity index (χ0v) is 15.4. The van der Waals surface area contributed by atoms with E-state index in [4.69, 9.17) is 4.74 Å². The number of ketones is 1. The summed E-state index contributed by atoms with van der Waals surface area (Å²) in [4.78, 5) is 36.3. The van der Waals surface area contributed by atoms with Crippen molar-refractivity contribution in [1.29, 1.82) is 0 Å². The van der Waals surface area contributed by atoms with Gasteiger partial charge >= 0.3 is 6.09 Å². The fourth-order valence-electron chi connectivity index (χ4n) is 2.15. The molecule has 6 nitrogen and oxygen atoms in total. The summed E-state index contributed by atoms with van der Waals surface area (Å²) in [5.74, 6) is -0.586. The molecule has 0 fully saturated rings. The number of carbonyl (C=O) groups is 3. The molecule has 0 spiro atoms. The second kappa shape index (κ2) is 7.03. The first kappa shape index (κ1) is 19.7. The summed E-state index contributed by atoms with van der Waals surface area (Å²) >= 11 is 0. The lowest BCUT2D eigenvalue weighted by molar-refractivity contribution is -0.114. The minimum absolute atomic E-state index is 0.267. The fourth-order valence-corrected chi connectivity index (χ4v) is 2.15. The van der Waals surface area contributed by atoms with Gasteiger partial charge in [-0.25, -0.2) is 4.79 Å². The molecule has 0 aromatic heterocycles. The maximum Gasteiger partial charge on any atom is 0.408 e. The van der Waals surface area contributed by atoms with Crippen molar-refractivity contribution in [2.24, 2.45) is 0 Å². The molecule has 0 aliphatic rings. The van der Waals surface area contributed by atoms with Crippen molar-refractivity contribution in [3.05, 3.63) is 29.3 Å². The second-order valence-corrected chi connectivity index (χ2v) is 7.26. The molecule has 0 saturated carbocycles. The first-order valence-corrected chi connectivity index (χ1v) is 7.76. The van der Waals surface area contributed by atoms with Crippen LogP contribution in [0.25, 0.3) is 0 Å². The molecule has 0 heterocycles. The average Bonchev–Trinajstić information content (AvgIpc) is 2.36. The summed E-state index contributed by atoms with van der Waals surface area (Å²) in [6.07, 6.45) is -0.672. The lowest BCUT2D eigenvalue weighted by atomic mass is 9.91. The lowest BCUT2D eigenvalue weighted by Gasteiger charge is -2.28. The predicted molar refractivity (Wildman–Crippen MR) is 93.3 cm³/mol. The minimum atomic E-state index is -1.19. The molecule has 0 unspecified atom stereocenters. The number of aryl methyl sites for hydroxylation is 1. The molecule has 0 aliphatic heterocycles.